The highest BCUT2D eigenvalue weighted by Gasteiger charge is 2.34. The third kappa shape index (κ3) is 4.46. The van der Waals surface area contributed by atoms with Crippen molar-refractivity contribution in [3.05, 3.63) is 82.6 Å². The van der Waals surface area contributed by atoms with Crippen molar-refractivity contribution in [2.75, 3.05) is 13.7 Å². The van der Waals surface area contributed by atoms with Gasteiger partial charge in [0.1, 0.15) is 27.4 Å². The highest BCUT2D eigenvalue weighted by atomic mass is 32.1. The number of rotatable bonds is 6. The van der Waals surface area contributed by atoms with Crippen molar-refractivity contribution in [1.82, 2.24) is 19.9 Å². The maximum atomic E-state index is 13.6. The van der Waals surface area contributed by atoms with Crippen molar-refractivity contribution in [1.29, 1.82) is 0 Å². The van der Waals surface area contributed by atoms with E-state index >= 15 is 0 Å². The first kappa shape index (κ1) is 22.3. The Morgan fingerprint density at radius 3 is 2.85 bits per heavy atom. The van der Waals surface area contributed by atoms with E-state index in [0.717, 1.165) is 52.7 Å². The second-order valence-corrected chi connectivity index (χ2v) is 9.31. The van der Waals surface area contributed by atoms with E-state index < -0.39 is 0 Å². The van der Waals surface area contributed by atoms with E-state index in [0.29, 0.717) is 23.7 Å². The monoisotopic (exact) mass is 474 g/mol. The number of ether oxygens (including phenoxy) is 1. The predicted molar refractivity (Wildman–Crippen MR) is 130 cm³/mol. The Labute approximate surface area is 202 Å². The lowest BCUT2D eigenvalue weighted by Crippen LogP contribution is -2.38. The van der Waals surface area contributed by atoms with Crippen molar-refractivity contribution >= 4 is 17.2 Å². The van der Waals surface area contributed by atoms with Crippen LogP contribution in [0.4, 0.5) is 0 Å². The van der Waals surface area contributed by atoms with Crippen molar-refractivity contribution in [2.24, 2.45) is 0 Å². The zero-order chi connectivity index (χ0) is 23.5. The smallest absolute Gasteiger partial charge is 0.266 e. The van der Waals surface area contributed by atoms with Gasteiger partial charge >= 0.3 is 0 Å². The minimum atomic E-state index is -0.188. The van der Waals surface area contributed by atoms with Gasteiger partial charge in [0.05, 0.1) is 24.7 Å². The average Bonchev–Trinajstić information content (AvgIpc) is 3.51. The summed E-state index contributed by atoms with van der Waals surface area (Å²) >= 11 is 1.39. The molecule has 3 aromatic heterocycles. The fourth-order valence-corrected chi connectivity index (χ4v) is 5.35. The van der Waals surface area contributed by atoms with Crippen LogP contribution in [0.1, 0.15) is 57.9 Å². The Hall–Kier alpha value is -3.52. The molecule has 5 rings (SSSR count). The number of likely N-dealkylation sites (tertiary alicyclic amines) is 1. The number of methoxy groups -OCH3 is 1. The van der Waals surface area contributed by atoms with E-state index in [1.807, 2.05) is 54.3 Å². The van der Waals surface area contributed by atoms with Crippen LogP contribution in [0.2, 0.25) is 0 Å². The molecule has 0 radical (unpaired) electrons. The molecule has 0 N–H and O–H groups in total. The Balaban J connectivity index is 1.38. The molecule has 7 nitrogen and oxygen atoms in total. The van der Waals surface area contributed by atoms with Gasteiger partial charge in [0.2, 0.25) is 5.89 Å². The van der Waals surface area contributed by atoms with Crippen molar-refractivity contribution < 1.29 is 13.9 Å². The molecule has 1 aromatic carbocycles. The molecule has 0 unspecified atom stereocenters. The van der Waals surface area contributed by atoms with Gasteiger partial charge in [-0.25, -0.2) is 9.97 Å². The summed E-state index contributed by atoms with van der Waals surface area (Å²) in [5, 5.41) is 0.755. The molecule has 0 spiro atoms. The van der Waals surface area contributed by atoms with Gasteiger partial charge in [-0.1, -0.05) is 24.3 Å². The van der Waals surface area contributed by atoms with Gasteiger partial charge in [-0.05, 0) is 44.4 Å². The number of amides is 1. The largest absolute Gasteiger partial charge is 0.496 e. The van der Waals surface area contributed by atoms with Crippen LogP contribution in [0.15, 0.2) is 59.3 Å². The zero-order valence-electron chi connectivity index (χ0n) is 19.2. The molecule has 8 heteroatoms. The van der Waals surface area contributed by atoms with Crippen LogP contribution in [-0.4, -0.2) is 39.4 Å². The van der Waals surface area contributed by atoms with Gasteiger partial charge < -0.3 is 14.1 Å². The van der Waals surface area contributed by atoms with Gasteiger partial charge in [-0.15, -0.1) is 11.3 Å². The number of aromatic nitrogens is 3. The van der Waals surface area contributed by atoms with Crippen LogP contribution >= 0.6 is 11.3 Å². The van der Waals surface area contributed by atoms with Crippen molar-refractivity contribution in [3.63, 3.8) is 0 Å². The lowest BCUT2D eigenvalue weighted by molar-refractivity contribution is 0.0574. The number of carbonyl (C=O) groups excluding carboxylic acids is 1. The molecule has 34 heavy (non-hydrogen) atoms. The molecule has 174 valence electrons. The molecule has 1 atom stereocenters. The zero-order valence-corrected chi connectivity index (χ0v) is 20.0. The van der Waals surface area contributed by atoms with Crippen LogP contribution < -0.4 is 4.74 Å². The van der Waals surface area contributed by atoms with E-state index in [9.17, 15) is 4.79 Å². The summed E-state index contributed by atoms with van der Waals surface area (Å²) in [4.78, 5) is 29.7. The van der Waals surface area contributed by atoms with Crippen LogP contribution in [0, 0.1) is 6.92 Å². The topological polar surface area (TPSA) is 81.4 Å². The SMILES string of the molecule is COc1ccccc1Cc1cnc([C@H]2CCCCN2C(=O)c2sc(-c3ccccn3)nc2C)o1. The normalized spacial score (nSPS) is 15.9. The number of oxazole rings is 1. The number of aryl methyl sites for hydroxylation is 1. The molecule has 0 bridgehead atoms. The maximum absolute atomic E-state index is 13.6. The molecule has 4 aromatic rings. The Morgan fingerprint density at radius 1 is 1.18 bits per heavy atom. The fraction of sp³-hybridized carbons (Fsp3) is 0.308. The molecular weight excluding hydrogens is 448 g/mol. The number of nitrogens with zero attached hydrogens (tertiary/aromatic N) is 4. The second kappa shape index (κ2) is 9.77. The quantitative estimate of drug-likeness (QED) is 0.369. The number of piperidine rings is 1. The average molecular weight is 475 g/mol. The first-order valence-electron chi connectivity index (χ1n) is 11.4. The highest BCUT2D eigenvalue weighted by Crippen LogP contribution is 2.35. The summed E-state index contributed by atoms with van der Waals surface area (Å²) in [6, 6.07) is 13.4. The van der Waals surface area contributed by atoms with Crippen LogP contribution in [-0.2, 0) is 6.42 Å². The number of carbonyl (C=O) groups is 1. The lowest BCUT2D eigenvalue weighted by atomic mass is 10.0. The number of hydrogen-bond acceptors (Lipinski definition) is 7. The first-order chi connectivity index (χ1) is 16.6. The minimum Gasteiger partial charge on any atom is -0.496 e. The van der Waals surface area contributed by atoms with Crippen molar-refractivity contribution in [3.8, 4) is 16.5 Å². The first-order valence-corrected chi connectivity index (χ1v) is 12.2. The van der Waals surface area contributed by atoms with Gasteiger partial charge in [0.25, 0.3) is 5.91 Å². The molecule has 0 aliphatic carbocycles. The summed E-state index contributed by atoms with van der Waals surface area (Å²) in [7, 11) is 1.66. The number of thiazole rings is 1. The third-order valence-electron chi connectivity index (χ3n) is 6.05. The Morgan fingerprint density at radius 2 is 2.03 bits per heavy atom. The van der Waals surface area contributed by atoms with Gasteiger partial charge in [-0.2, -0.15) is 0 Å². The summed E-state index contributed by atoms with van der Waals surface area (Å²) in [5.41, 5.74) is 2.54. The van der Waals surface area contributed by atoms with Crippen molar-refractivity contribution in [2.45, 2.75) is 38.6 Å². The molecule has 1 aliphatic rings. The van der Waals surface area contributed by atoms with Gasteiger partial charge in [-0.3, -0.25) is 9.78 Å². The fourth-order valence-electron chi connectivity index (χ4n) is 4.35. The standard InChI is InChI=1S/C26H26N4O3S/c1-17-23(34-25(29-17)20-10-5-7-13-27-20)26(31)30-14-8-6-11-21(30)24-28-16-19(33-24)15-18-9-3-4-12-22(18)32-2/h3-5,7,9-10,12-13,16,21H,6,8,11,14-15H2,1-2H3/t21-/m1/s1. The second-order valence-electron chi connectivity index (χ2n) is 8.31. The molecule has 1 aliphatic heterocycles. The highest BCUT2D eigenvalue weighted by molar-refractivity contribution is 7.17. The molecule has 0 saturated carbocycles. The molecule has 1 saturated heterocycles. The van der Waals surface area contributed by atoms with Gasteiger partial charge in [0.15, 0.2) is 0 Å². The third-order valence-corrected chi connectivity index (χ3v) is 7.22. The predicted octanol–water partition coefficient (Wildman–Crippen LogP) is 5.47. The van der Waals surface area contributed by atoms with E-state index in [1.54, 1.807) is 19.5 Å². The minimum absolute atomic E-state index is 0.0219. The Bertz CT molecular complexity index is 1280. The number of pyridine rings is 1. The Kier molecular flexibility index (Phi) is 6.40. The number of benzene rings is 1. The number of para-hydroxylation sites is 1. The lowest BCUT2D eigenvalue weighted by Gasteiger charge is -2.33. The van der Waals surface area contributed by atoms with Gasteiger partial charge in [0, 0.05) is 24.7 Å². The van der Waals surface area contributed by atoms with Crippen LogP contribution in [0.3, 0.4) is 0 Å². The van der Waals surface area contributed by atoms with E-state index in [2.05, 4.69) is 15.0 Å². The van der Waals surface area contributed by atoms with E-state index in [4.69, 9.17) is 9.15 Å². The maximum Gasteiger partial charge on any atom is 0.266 e. The summed E-state index contributed by atoms with van der Waals surface area (Å²) < 4.78 is 11.6. The summed E-state index contributed by atoms with van der Waals surface area (Å²) in [6.07, 6.45) is 6.89. The van der Waals surface area contributed by atoms with Crippen LogP contribution in [0.25, 0.3) is 10.7 Å². The van der Waals surface area contributed by atoms with E-state index in [-0.39, 0.29) is 11.9 Å². The molecule has 4 heterocycles. The van der Waals surface area contributed by atoms with E-state index in [1.165, 1.54) is 11.3 Å². The summed E-state index contributed by atoms with van der Waals surface area (Å²) in [5.74, 6) is 2.14. The van der Waals surface area contributed by atoms with Crippen LogP contribution in [0.5, 0.6) is 5.75 Å². The summed E-state index contributed by atoms with van der Waals surface area (Å²) in [6.45, 7) is 2.55. The molecule has 1 amide bonds. The molecular formula is C26H26N4O3S. The molecule has 1 fully saturated rings. The number of hydrogen-bond donors (Lipinski definition) is 0.